The third-order valence-corrected chi connectivity index (χ3v) is 2.65. The van der Waals surface area contributed by atoms with Gasteiger partial charge in [0.2, 0.25) is 5.91 Å². The topological polar surface area (TPSA) is 75.4 Å². The Hall–Kier alpha value is -0.610. The Balaban J connectivity index is 2.02. The number of carbonyl (C=O) groups excluding carboxylic acids is 1. The molecule has 0 radical (unpaired) electrons. The number of nitrogens with two attached hydrogens (primary N) is 1. The predicted octanol–water partition coefficient (Wildman–Crippen LogP) is -0.386. The summed E-state index contributed by atoms with van der Waals surface area (Å²) in [6, 6.07) is 0. The fourth-order valence-electron chi connectivity index (χ4n) is 1.49. The summed E-state index contributed by atoms with van der Waals surface area (Å²) in [7, 11) is 0. The summed E-state index contributed by atoms with van der Waals surface area (Å²) in [6.07, 6.45) is 3.65. The molecule has 1 fully saturated rings. The van der Waals surface area contributed by atoms with Crippen LogP contribution >= 0.6 is 0 Å². The smallest absolute Gasteiger partial charge is 0.218 e. The Morgan fingerprint density at radius 2 is 2.23 bits per heavy atom. The van der Waals surface area contributed by atoms with Crippen LogP contribution in [0.3, 0.4) is 0 Å². The minimum Gasteiger partial charge on any atom is -0.396 e. The molecule has 0 aromatic heterocycles. The number of carbonyl (C=O) groups is 1. The Kier molecular flexibility index (Phi) is 3.69. The van der Waals surface area contributed by atoms with E-state index in [1.165, 1.54) is 12.8 Å². The normalized spacial score (nSPS) is 18.5. The lowest BCUT2D eigenvalue weighted by Crippen LogP contribution is -2.28. The van der Waals surface area contributed by atoms with Crippen molar-refractivity contribution in [1.29, 1.82) is 0 Å². The van der Waals surface area contributed by atoms with E-state index in [1.54, 1.807) is 0 Å². The molecule has 0 aromatic rings. The van der Waals surface area contributed by atoms with Crippen molar-refractivity contribution in [2.24, 2.45) is 11.1 Å². The van der Waals surface area contributed by atoms with Gasteiger partial charge in [-0.1, -0.05) is 0 Å². The van der Waals surface area contributed by atoms with Crippen LogP contribution in [0.4, 0.5) is 0 Å². The van der Waals surface area contributed by atoms with E-state index < -0.39 is 0 Å². The van der Waals surface area contributed by atoms with Crippen LogP contribution in [0.1, 0.15) is 25.7 Å². The molecule has 4 N–H and O–H groups in total. The van der Waals surface area contributed by atoms with E-state index in [0.29, 0.717) is 18.4 Å². The highest BCUT2D eigenvalue weighted by molar-refractivity contribution is 5.73. The van der Waals surface area contributed by atoms with Crippen molar-refractivity contribution >= 4 is 5.91 Å². The van der Waals surface area contributed by atoms with E-state index in [-0.39, 0.29) is 12.5 Å². The number of hydrogen-bond donors (Lipinski definition) is 3. The summed E-state index contributed by atoms with van der Waals surface area (Å²) in [6.45, 7) is 1.82. The van der Waals surface area contributed by atoms with Gasteiger partial charge in [0.25, 0.3) is 0 Å². The van der Waals surface area contributed by atoms with Gasteiger partial charge in [-0.3, -0.25) is 4.79 Å². The van der Waals surface area contributed by atoms with Crippen LogP contribution < -0.4 is 11.1 Å². The van der Waals surface area contributed by atoms with E-state index in [4.69, 9.17) is 10.8 Å². The Morgan fingerprint density at radius 1 is 1.54 bits per heavy atom. The highest BCUT2D eigenvalue weighted by Gasteiger charge is 2.41. The maximum absolute atomic E-state index is 10.4. The zero-order valence-electron chi connectivity index (χ0n) is 7.88. The van der Waals surface area contributed by atoms with Gasteiger partial charge in [-0.25, -0.2) is 0 Å². The van der Waals surface area contributed by atoms with Crippen LogP contribution in [0.15, 0.2) is 0 Å². The second-order valence-corrected chi connectivity index (χ2v) is 3.87. The second kappa shape index (κ2) is 4.58. The quantitative estimate of drug-likeness (QED) is 0.474. The molecule has 0 atom stereocenters. The molecule has 1 saturated carbocycles. The first-order valence-corrected chi connectivity index (χ1v) is 4.78. The third-order valence-electron chi connectivity index (χ3n) is 2.65. The number of nitrogens with one attached hydrogen (secondary N) is 1. The van der Waals surface area contributed by atoms with E-state index in [9.17, 15) is 4.79 Å². The lowest BCUT2D eigenvalue weighted by molar-refractivity contribution is -0.117. The van der Waals surface area contributed by atoms with Crippen molar-refractivity contribution in [2.75, 3.05) is 19.7 Å². The SMILES string of the molecule is NC(=O)CCNCC1(CCO)CC1. The Labute approximate surface area is 78.5 Å². The lowest BCUT2D eigenvalue weighted by atomic mass is 10.0. The monoisotopic (exact) mass is 186 g/mol. The number of hydrogen-bond acceptors (Lipinski definition) is 3. The van der Waals surface area contributed by atoms with Crippen molar-refractivity contribution in [1.82, 2.24) is 5.32 Å². The number of rotatable bonds is 7. The van der Waals surface area contributed by atoms with Gasteiger partial charge in [-0.15, -0.1) is 0 Å². The van der Waals surface area contributed by atoms with Crippen LogP contribution in [0.5, 0.6) is 0 Å². The first kappa shape index (κ1) is 10.5. The minimum atomic E-state index is -0.264. The van der Waals surface area contributed by atoms with Gasteiger partial charge >= 0.3 is 0 Å². The highest BCUT2D eigenvalue weighted by Crippen LogP contribution is 2.47. The molecule has 76 valence electrons. The van der Waals surface area contributed by atoms with Gasteiger partial charge in [0.15, 0.2) is 0 Å². The fourth-order valence-corrected chi connectivity index (χ4v) is 1.49. The van der Waals surface area contributed by atoms with Gasteiger partial charge in [0.05, 0.1) is 0 Å². The van der Waals surface area contributed by atoms with Gasteiger partial charge in [0, 0.05) is 26.1 Å². The number of aliphatic hydroxyl groups is 1. The molecule has 0 heterocycles. The van der Waals surface area contributed by atoms with E-state index in [2.05, 4.69) is 5.32 Å². The molecule has 1 rings (SSSR count). The maximum atomic E-state index is 10.4. The van der Waals surface area contributed by atoms with Gasteiger partial charge in [-0.2, -0.15) is 0 Å². The van der Waals surface area contributed by atoms with Crippen LogP contribution in [0.25, 0.3) is 0 Å². The molecule has 4 heteroatoms. The molecule has 1 amide bonds. The summed E-state index contributed by atoms with van der Waals surface area (Å²) in [4.78, 5) is 10.4. The maximum Gasteiger partial charge on any atom is 0.218 e. The van der Waals surface area contributed by atoms with E-state index in [1.807, 2.05) is 0 Å². The largest absolute Gasteiger partial charge is 0.396 e. The van der Waals surface area contributed by atoms with Crippen LogP contribution in [0, 0.1) is 5.41 Å². The molecule has 0 aliphatic heterocycles. The molecule has 13 heavy (non-hydrogen) atoms. The fraction of sp³-hybridized carbons (Fsp3) is 0.889. The summed E-state index contributed by atoms with van der Waals surface area (Å²) in [5, 5.41) is 12.0. The summed E-state index contributed by atoms with van der Waals surface area (Å²) < 4.78 is 0. The molecule has 0 spiro atoms. The highest BCUT2D eigenvalue weighted by atomic mass is 16.3. The number of aliphatic hydroxyl groups excluding tert-OH is 1. The van der Waals surface area contributed by atoms with Gasteiger partial charge in [0.1, 0.15) is 0 Å². The van der Waals surface area contributed by atoms with Crippen LogP contribution in [-0.4, -0.2) is 30.7 Å². The average Bonchev–Trinajstić information content (AvgIpc) is 2.80. The first-order valence-electron chi connectivity index (χ1n) is 4.78. The lowest BCUT2D eigenvalue weighted by Gasteiger charge is -2.13. The molecule has 0 saturated heterocycles. The van der Waals surface area contributed by atoms with E-state index in [0.717, 1.165) is 13.0 Å². The average molecular weight is 186 g/mol. The van der Waals surface area contributed by atoms with Gasteiger partial charge < -0.3 is 16.2 Å². The molecule has 1 aliphatic carbocycles. The number of primary amides is 1. The summed E-state index contributed by atoms with van der Waals surface area (Å²) in [5.74, 6) is -0.264. The zero-order valence-corrected chi connectivity index (χ0v) is 7.88. The molecule has 0 unspecified atom stereocenters. The second-order valence-electron chi connectivity index (χ2n) is 3.87. The van der Waals surface area contributed by atoms with Crippen LogP contribution in [-0.2, 0) is 4.79 Å². The molecule has 4 nitrogen and oxygen atoms in total. The van der Waals surface area contributed by atoms with Crippen molar-refractivity contribution in [3.63, 3.8) is 0 Å². The molecule has 0 aromatic carbocycles. The number of amides is 1. The molecular weight excluding hydrogens is 168 g/mol. The molecule has 1 aliphatic rings. The van der Waals surface area contributed by atoms with Gasteiger partial charge in [-0.05, 0) is 24.7 Å². The van der Waals surface area contributed by atoms with Crippen molar-refractivity contribution in [3.8, 4) is 0 Å². The Morgan fingerprint density at radius 3 is 2.69 bits per heavy atom. The van der Waals surface area contributed by atoms with Crippen LogP contribution in [0.2, 0.25) is 0 Å². The van der Waals surface area contributed by atoms with Crippen molar-refractivity contribution in [3.05, 3.63) is 0 Å². The minimum absolute atomic E-state index is 0.261. The molecule has 0 bridgehead atoms. The predicted molar refractivity (Wildman–Crippen MR) is 50.1 cm³/mol. The third kappa shape index (κ3) is 3.74. The molecular formula is C9H18N2O2. The van der Waals surface area contributed by atoms with Crippen molar-refractivity contribution < 1.29 is 9.90 Å². The standard InChI is InChI=1S/C9H18N2O2/c10-8(13)1-5-11-7-9(2-3-9)4-6-12/h11-12H,1-7H2,(H2,10,13). The Bertz CT molecular complexity index is 178. The summed E-state index contributed by atoms with van der Waals surface area (Å²) >= 11 is 0. The summed E-state index contributed by atoms with van der Waals surface area (Å²) in [5.41, 5.74) is 5.32. The van der Waals surface area contributed by atoms with Crippen molar-refractivity contribution in [2.45, 2.75) is 25.7 Å². The van der Waals surface area contributed by atoms with E-state index >= 15 is 0 Å². The zero-order chi connectivity index (χ0) is 9.73. The first-order chi connectivity index (χ1) is 6.18.